The van der Waals surface area contributed by atoms with Gasteiger partial charge in [0.1, 0.15) is 0 Å². The van der Waals surface area contributed by atoms with Gasteiger partial charge in [-0.2, -0.15) is 5.10 Å². The fourth-order valence-corrected chi connectivity index (χ4v) is 3.36. The monoisotopic (exact) mass is 369 g/mol. The van der Waals surface area contributed by atoms with E-state index >= 15 is 0 Å². The number of amides is 1. The van der Waals surface area contributed by atoms with E-state index in [2.05, 4.69) is 10.4 Å². The summed E-state index contributed by atoms with van der Waals surface area (Å²) in [5.41, 5.74) is 2.27. The van der Waals surface area contributed by atoms with Crippen molar-refractivity contribution >= 4 is 21.4 Å². The van der Waals surface area contributed by atoms with Crippen molar-refractivity contribution in [2.75, 3.05) is 11.1 Å². The zero-order chi connectivity index (χ0) is 18.6. The molecule has 0 saturated heterocycles. The number of benzene rings is 2. The molecule has 0 aliphatic rings. The average molecular weight is 369 g/mol. The lowest BCUT2D eigenvalue weighted by atomic mass is 10.2. The molecule has 0 saturated carbocycles. The second-order valence-electron chi connectivity index (χ2n) is 5.78. The van der Waals surface area contributed by atoms with Crippen LogP contribution >= 0.6 is 0 Å². The van der Waals surface area contributed by atoms with Crippen LogP contribution in [0, 0.1) is 0 Å². The van der Waals surface area contributed by atoms with Crippen LogP contribution in [-0.2, 0) is 21.1 Å². The predicted molar refractivity (Wildman–Crippen MR) is 100 cm³/mol. The molecule has 1 aromatic heterocycles. The van der Waals surface area contributed by atoms with Crippen molar-refractivity contribution in [2.24, 2.45) is 0 Å². The Bertz CT molecular complexity index is 994. The molecule has 0 radical (unpaired) electrons. The standard InChI is InChI=1S/C19H19N3O3S/c1-2-26(24,25)18-10-8-16(9-11-18)21-19(23)12-15-13-20-22(14-15)17-6-4-3-5-7-17/h3-11,13-14H,2,12H2,1H3,(H,21,23). The van der Waals surface area contributed by atoms with Gasteiger partial charge in [0.05, 0.1) is 29.0 Å². The molecule has 134 valence electrons. The number of carbonyl (C=O) groups is 1. The molecule has 26 heavy (non-hydrogen) atoms. The Morgan fingerprint density at radius 1 is 1.08 bits per heavy atom. The van der Waals surface area contributed by atoms with Crippen LogP contribution < -0.4 is 5.32 Å². The summed E-state index contributed by atoms with van der Waals surface area (Å²) in [4.78, 5) is 12.5. The Morgan fingerprint density at radius 2 is 1.77 bits per heavy atom. The van der Waals surface area contributed by atoms with E-state index in [4.69, 9.17) is 0 Å². The first kappa shape index (κ1) is 17.9. The number of carbonyl (C=O) groups excluding carboxylic acids is 1. The quantitative estimate of drug-likeness (QED) is 0.724. The molecule has 6 nitrogen and oxygen atoms in total. The number of hydrogen-bond acceptors (Lipinski definition) is 4. The molecule has 0 aliphatic heterocycles. The summed E-state index contributed by atoms with van der Waals surface area (Å²) in [5.74, 6) is -0.145. The van der Waals surface area contributed by atoms with Gasteiger partial charge in [0.2, 0.25) is 5.91 Å². The van der Waals surface area contributed by atoms with Crippen LogP contribution in [0.4, 0.5) is 5.69 Å². The summed E-state index contributed by atoms with van der Waals surface area (Å²) < 4.78 is 25.3. The van der Waals surface area contributed by atoms with Crippen molar-refractivity contribution < 1.29 is 13.2 Å². The van der Waals surface area contributed by atoms with E-state index in [1.807, 2.05) is 36.5 Å². The second-order valence-corrected chi connectivity index (χ2v) is 8.06. The minimum Gasteiger partial charge on any atom is -0.326 e. The third-order valence-corrected chi connectivity index (χ3v) is 5.65. The van der Waals surface area contributed by atoms with Crippen LogP contribution in [0.5, 0.6) is 0 Å². The number of nitrogens with one attached hydrogen (secondary N) is 1. The maximum atomic E-state index is 12.2. The van der Waals surface area contributed by atoms with Crippen LogP contribution in [-0.4, -0.2) is 29.9 Å². The van der Waals surface area contributed by atoms with E-state index in [1.54, 1.807) is 29.9 Å². The Balaban J connectivity index is 1.64. The highest BCUT2D eigenvalue weighted by molar-refractivity contribution is 7.91. The van der Waals surface area contributed by atoms with Gasteiger partial charge in [0, 0.05) is 11.9 Å². The summed E-state index contributed by atoms with van der Waals surface area (Å²) in [6, 6.07) is 15.8. The smallest absolute Gasteiger partial charge is 0.228 e. The number of anilines is 1. The number of rotatable bonds is 6. The van der Waals surface area contributed by atoms with Crippen molar-refractivity contribution in [1.29, 1.82) is 0 Å². The van der Waals surface area contributed by atoms with Gasteiger partial charge in [-0.3, -0.25) is 4.79 Å². The molecule has 0 aliphatic carbocycles. The number of nitrogens with zero attached hydrogens (tertiary/aromatic N) is 2. The predicted octanol–water partition coefficient (Wildman–Crippen LogP) is 2.85. The van der Waals surface area contributed by atoms with Crippen LogP contribution in [0.2, 0.25) is 0 Å². The van der Waals surface area contributed by atoms with Crippen LogP contribution in [0.1, 0.15) is 12.5 Å². The summed E-state index contributed by atoms with van der Waals surface area (Å²) in [5, 5.41) is 7.03. The number of para-hydroxylation sites is 1. The van der Waals surface area contributed by atoms with Gasteiger partial charge >= 0.3 is 0 Å². The molecule has 1 amide bonds. The molecular weight excluding hydrogens is 350 g/mol. The van der Waals surface area contributed by atoms with E-state index in [1.165, 1.54) is 12.1 Å². The van der Waals surface area contributed by atoms with E-state index < -0.39 is 9.84 Å². The molecule has 1 N–H and O–H groups in total. The van der Waals surface area contributed by atoms with Gasteiger partial charge in [0.25, 0.3) is 0 Å². The molecule has 7 heteroatoms. The lowest BCUT2D eigenvalue weighted by Gasteiger charge is -2.06. The van der Waals surface area contributed by atoms with Gasteiger partial charge in [0.15, 0.2) is 9.84 Å². The van der Waals surface area contributed by atoms with Crippen LogP contribution in [0.3, 0.4) is 0 Å². The summed E-state index contributed by atoms with van der Waals surface area (Å²) in [6.07, 6.45) is 3.65. The highest BCUT2D eigenvalue weighted by Gasteiger charge is 2.12. The fraction of sp³-hybridized carbons (Fsp3) is 0.158. The van der Waals surface area contributed by atoms with Crippen LogP contribution in [0.15, 0.2) is 71.9 Å². The highest BCUT2D eigenvalue weighted by atomic mass is 32.2. The molecule has 3 rings (SSSR count). The van der Waals surface area contributed by atoms with E-state index in [0.29, 0.717) is 5.69 Å². The van der Waals surface area contributed by atoms with Crippen LogP contribution in [0.25, 0.3) is 5.69 Å². The molecular formula is C19H19N3O3S. The van der Waals surface area contributed by atoms with Crippen molar-refractivity contribution in [2.45, 2.75) is 18.2 Å². The summed E-state index contributed by atoms with van der Waals surface area (Å²) >= 11 is 0. The molecule has 0 fully saturated rings. The van der Waals surface area contributed by atoms with Gasteiger partial charge < -0.3 is 5.32 Å². The van der Waals surface area contributed by atoms with Gasteiger partial charge in [-0.15, -0.1) is 0 Å². The zero-order valence-corrected chi connectivity index (χ0v) is 15.1. The van der Waals surface area contributed by atoms with Crippen molar-refractivity contribution in [3.63, 3.8) is 0 Å². The van der Waals surface area contributed by atoms with E-state index in [-0.39, 0.29) is 23.0 Å². The minimum atomic E-state index is -3.24. The molecule has 0 atom stereocenters. The van der Waals surface area contributed by atoms with Gasteiger partial charge in [-0.05, 0) is 42.0 Å². The third kappa shape index (κ3) is 4.18. The molecule has 3 aromatic rings. The van der Waals surface area contributed by atoms with E-state index in [9.17, 15) is 13.2 Å². The largest absolute Gasteiger partial charge is 0.326 e. The molecule has 1 heterocycles. The summed E-state index contributed by atoms with van der Waals surface area (Å²) in [7, 11) is -3.24. The fourth-order valence-electron chi connectivity index (χ4n) is 2.48. The Kier molecular flexibility index (Phi) is 5.18. The Labute approximate surface area is 152 Å². The second kappa shape index (κ2) is 7.53. The maximum absolute atomic E-state index is 12.2. The molecule has 0 unspecified atom stereocenters. The zero-order valence-electron chi connectivity index (χ0n) is 14.3. The summed E-state index contributed by atoms with van der Waals surface area (Å²) in [6.45, 7) is 1.60. The third-order valence-electron chi connectivity index (χ3n) is 3.90. The van der Waals surface area contributed by atoms with Gasteiger partial charge in [-0.25, -0.2) is 13.1 Å². The Hall–Kier alpha value is -2.93. The first-order valence-electron chi connectivity index (χ1n) is 8.19. The minimum absolute atomic E-state index is 0.0457. The molecule has 0 spiro atoms. The van der Waals surface area contributed by atoms with Crippen molar-refractivity contribution in [1.82, 2.24) is 9.78 Å². The topological polar surface area (TPSA) is 81.1 Å². The maximum Gasteiger partial charge on any atom is 0.228 e. The first-order valence-corrected chi connectivity index (χ1v) is 9.85. The van der Waals surface area contributed by atoms with Crippen molar-refractivity contribution in [3.8, 4) is 5.69 Å². The molecule has 2 aromatic carbocycles. The van der Waals surface area contributed by atoms with Crippen molar-refractivity contribution in [3.05, 3.63) is 72.6 Å². The van der Waals surface area contributed by atoms with Gasteiger partial charge in [-0.1, -0.05) is 25.1 Å². The number of sulfone groups is 1. The van der Waals surface area contributed by atoms with E-state index in [0.717, 1.165) is 11.3 Å². The number of aromatic nitrogens is 2. The number of hydrogen-bond donors (Lipinski definition) is 1. The highest BCUT2D eigenvalue weighted by Crippen LogP contribution is 2.16. The normalized spacial score (nSPS) is 11.3. The first-order chi connectivity index (χ1) is 12.5. The lowest BCUT2D eigenvalue weighted by Crippen LogP contribution is -2.14. The molecule has 0 bridgehead atoms. The SMILES string of the molecule is CCS(=O)(=O)c1ccc(NC(=O)Cc2cnn(-c3ccccc3)c2)cc1. The average Bonchev–Trinajstić information content (AvgIpc) is 3.11. The Morgan fingerprint density at radius 3 is 2.42 bits per heavy atom. The lowest BCUT2D eigenvalue weighted by molar-refractivity contribution is -0.115.